The predicted molar refractivity (Wildman–Crippen MR) is 78.3 cm³/mol. The van der Waals surface area contributed by atoms with E-state index in [1.54, 1.807) is 0 Å². The lowest BCUT2D eigenvalue weighted by Gasteiger charge is -2.22. The number of hydrogen-bond donors (Lipinski definition) is 2. The van der Waals surface area contributed by atoms with Gasteiger partial charge in [-0.3, -0.25) is 0 Å². The molecule has 0 spiro atoms. The van der Waals surface area contributed by atoms with E-state index in [0.29, 0.717) is 0 Å². The first kappa shape index (κ1) is 12.7. The summed E-state index contributed by atoms with van der Waals surface area (Å²) >= 11 is 0. The summed E-state index contributed by atoms with van der Waals surface area (Å²) in [7, 11) is 0. The fourth-order valence-electron chi connectivity index (χ4n) is 2.80. The van der Waals surface area contributed by atoms with Gasteiger partial charge in [-0.25, -0.2) is 0 Å². The van der Waals surface area contributed by atoms with Crippen molar-refractivity contribution >= 4 is 10.9 Å². The Morgan fingerprint density at radius 2 is 2.11 bits per heavy atom. The average Bonchev–Trinajstić information content (AvgIpc) is 2.79. The Bertz CT molecular complexity index is 541. The smallest absolute Gasteiger partial charge is 0.0469 e. The fourth-order valence-corrected chi connectivity index (χ4v) is 2.80. The highest BCUT2D eigenvalue weighted by atomic mass is 16.5. The van der Waals surface area contributed by atoms with Gasteiger partial charge in [-0.15, -0.1) is 0 Å². The van der Waals surface area contributed by atoms with Crippen LogP contribution in [0, 0.1) is 12.8 Å². The highest BCUT2D eigenvalue weighted by Crippen LogP contribution is 2.17. The Hall–Kier alpha value is -1.32. The topological polar surface area (TPSA) is 37.0 Å². The summed E-state index contributed by atoms with van der Waals surface area (Å²) in [6, 6.07) is 8.85. The molecule has 102 valence electrons. The fraction of sp³-hybridized carbons (Fsp3) is 0.500. The number of rotatable bonds is 4. The molecular weight excluding hydrogens is 236 g/mol. The second-order valence-corrected chi connectivity index (χ2v) is 5.56. The molecule has 0 amide bonds. The zero-order chi connectivity index (χ0) is 13.1. The molecule has 19 heavy (non-hydrogen) atoms. The molecule has 0 atom stereocenters. The van der Waals surface area contributed by atoms with Crippen LogP contribution in [-0.4, -0.2) is 24.7 Å². The summed E-state index contributed by atoms with van der Waals surface area (Å²) in [4.78, 5) is 3.39. The van der Waals surface area contributed by atoms with Gasteiger partial charge in [-0.2, -0.15) is 0 Å². The maximum Gasteiger partial charge on any atom is 0.0469 e. The van der Waals surface area contributed by atoms with E-state index >= 15 is 0 Å². The molecule has 1 aliphatic rings. The van der Waals surface area contributed by atoms with Crippen molar-refractivity contribution < 1.29 is 4.74 Å². The van der Waals surface area contributed by atoms with Gasteiger partial charge in [0.25, 0.3) is 0 Å². The molecule has 1 fully saturated rings. The van der Waals surface area contributed by atoms with Crippen molar-refractivity contribution in [3.63, 3.8) is 0 Å². The van der Waals surface area contributed by atoms with E-state index in [2.05, 4.69) is 41.5 Å². The Morgan fingerprint density at radius 1 is 1.26 bits per heavy atom. The van der Waals surface area contributed by atoms with Gasteiger partial charge >= 0.3 is 0 Å². The van der Waals surface area contributed by atoms with Gasteiger partial charge in [-0.05, 0) is 55.3 Å². The minimum absolute atomic E-state index is 0.783. The minimum Gasteiger partial charge on any atom is -0.381 e. The van der Waals surface area contributed by atoms with Crippen LogP contribution in [0.2, 0.25) is 0 Å². The van der Waals surface area contributed by atoms with E-state index in [1.807, 2.05) is 0 Å². The van der Waals surface area contributed by atoms with Crippen LogP contribution in [0.5, 0.6) is 0 Å². The second-order valence-electron chi connectivity index (χ2n) is 5.56. The largest absolute Gasteiger partial charge is 0.381 e. The maximum atomic E-state index is 5.38. The number of ether oxygens (including phenoxy) is 1. The van der Waals surface area contributed by atoms with E-state index < -0.39 is 0 Å². The molecule has 2 heterocycles. The van der Waals surface area contributed by atoms with Crippen molar-refractivity contribution in [2.24, 2.45) is 5.92 Å². The normalized spacial score (nSPS) is 17.1. The molecule has 0 radical (unpaired) electrons. The van der Waals surface area contributed by atoms with Gasteiger partial charge in [0.15, 0.2) is 0 Å². The monoisotopic (exact) mass is 258 g/mol. The molecule has 1 aromatic heterocycles. The molecule has 2 N–H and O–H groups in total. The molecule has 0 saturated carbocycles. The van der Waals surface area contributed by atoms with E-state index in [4.69, 9.17) is 4.74 Å². The van der Waals surface area contributed by atoms with Crippen molar-refractivity contribution in [2.45, 2.75) is 26.3 Å². The third kappa shape index (κ3) is 3.17. The molecule has 1 aromatic carbocycles. The highest BCUT2D eigenvalue weighted by molar-refractivity contribution is 5.80. The van der Waals surface area contributed by atoms with Crippen LogP contribution in [0.15, 0.2) is 24.3 Å². The molecule has 3 rings (SSSR count). The zero-order valence-electron chi connectivity index (χ0n) is 11.5. The quantitative estimate of drug-likeness (QED) is 0.884. The van der Waals surface area contributed by atoms with E-state index in [9.17, 15) is 0 Å². The number of fused-ring (bicyclic) bond motifs is 1. The first-order valence-electron chi connectivity index (χ1n) is 7.18. The molecule has 3 nitrogen and oxygen atoms in total. The number of nitrogens with one attached hydrogen (secondary N) is 2. The summed E-state index contributed by atoms with van der Waals surface area (Å²) in [5.74, 6) is 0.783. The number of hydrogen-bond acceptors (Lipinski definition) is 2. The van der Waals surface area contributed by atoms with Crippen LogP contribution < -0.4 is 5.32 Å². The first-order valence-corrected chi connectivity index (χ1v) is 7.18. The molecule has 0 bridgehead atoms. The highest BCUT2D eigenvalue weighted by Gasteiger charge is 2.12. The minimum atomic E-state index is 0.783. The average molecular weight is 258 g/mol. The lowest BCUT2D eigenvalue weighted by Crippen LogP contribution is -2.27. The van der Waals surface area contributed by atoms with Crippen LogP contribution in [0.1, 0.15) is 24.1 Å². The molecule has 2 aromatic rings. The van der Waals surface area contributed by atoms with Gasteiger partial charge in [-0.1, -0.05) is 12.1 Å². The molecule has 1 saturated heterocycles. The summed E-state index contributed by atoms with van der Waals surface area (Å²) in [6.07, 6.45) is 2.39. The third-order valence-electron chi connectivity index (χ3n) is 3.92. The number of aromatic nitrogens is 1. The van der Waals surface area contributed by atoms with Gasteiger partial charge in [0.05, 0.1) is 0 Å². The molecule has 0 aliphatic carbocycles. The Morgan fingerprint density at radius 3 is 2.95 bits per heavy atom. The van der Waals surface area contributed by atoms with Crippen molar-refractivity contribution in [3.8, 4) is 0 Å². The molecule has 3 heteroatoms. The standard InChI is InChI=1S/C16H22N2O/c1-12-8-15-3-2-14(9-16(15)18-12)11-17-10-13-4-6-19-7-5-13/h2-3,8-9,13,17-18H,4-7,10-11H2,1H3. The van der Waals surface area contributed by atoms with Crippen LogP contribution in [0.4, 0.5) is 0 Å². The Labute approximate surface area is 114 Å². The van der Waals surface area contributed by atoms with Crippen molar-refractivity contribution in [2.75, 3.05) is 19.8 Å². The van der Waals surface area contributed by atoms with Gasteiger partial charge in [0.1, 0.15) is 0 Å². The van der Waals surface area contributed by atoms with Crippen LogP contribution in [-0.2, 0) is 11.3 Å². The predicted octanol–water partition coefficient (Wildman–Crippen LogP) is 2.99. The zero-order valence-corrected chi connectivity index (χ0v) is 11.5. The van der Waals surface area contributed by atoms with E-state index in [-0.39, 0.29) is 0 Å². The lowest BCUT2D eigenvalue weighted by atomic mass is 10.0. The van der Waals surface area contributed by atoms with Crippen LogP contribution in [0.25, 0.3) is 10.9 Å². The van der Waals surface area contributed by atoms with Gasteiger partial charge in [0, 0.05) is 31.0 Å². The lowest BCUT2D eigenvalue weighted by molar-refractivity contribution is 0.0662. The van der Waals surface area contributed by atoms with Crippen molar-refractivity contribution in [1.82, 2.24) is 10.3 Å². The Kier molecular flexibility index (Phi) is 3.85. The third-order valence-corrected chi connectivity index (χ3v) is 3.92. The van der Waals surface area contributed by atoms with E-state index in [1.165, 1.54) is 35.0 Å². The second kappa shape index (κ2) is 5.76. The van der Waals surface area contributed by atoms with Crippen molar-refractivity contribution in [3.05, 3.63) is 35.5 Å². The summed E-state index contributed by atoms with van der Waals surface area (Å²) in [5.41, 5.74) is 3.81. The summed E-state index contributed by atoms with van der Waals surface area (Å²) < 4.78 is 5.38. The van der Waals surface area contributed by atoms with Crippen molar-refractivity contribution in [1.29, 1.82) is 0 Å². The Balaban J connectivity index is 1.55. The molecule has 0 unspecified atom stereocenters. The number of aryl methyl sites for hydroxylation is 1. The van der Waals surface area contributed by atoms with E-state index in [0.717, 1.165) is 32.2 Å². The van der Waals surface area contributed by atoms with Gasteiger partial charge < -0.3 is 15.0 Å². The maximum absolute atomic E-state index is 5.38. The van der Waals surface area contributed by atoms with Gasteiger partial charge in [0.2, 0.25) is 0 Å². The number of H-pyrrole nitrogens is 1. The van der Waals surface area contributed by atoms with Crippen LogP contribution >= 0.6 is 0 Å². The molecule has 1 aliphatic heterocycles. The molecular formula is C16H22N2O. The number of benzene rings is 1. The number of aromatic amines is 1. The SMILES string of the molecule is Cc1cc2ccc(CNCC3CCOCC3)cc2[nH]1. The first-order chi connectivity index (χ1) is 9.31. The summed E-state index contributed by atoms with van der Waals surface area (Å²) in [6.45, 7) is 6.01. The summed E-state index contributed by atoms with van der Waals surface area (Å²) in [5, 5.41) is 4.87. The van der Waals surface area contributed by atoms with Crippen LogP contribution in [0.3, 0.4) is 0 Å².